The fourth-order valence-electron chi connectivity index (χ4n) is 1.59. The molecule has 0 aliphatic carbocycles. The standard InChI is InChI=1S/C8H7N6O3P/c15-18(16,17)5-1-2-14-6(4-9-7(14)3-5)8-10-12-13-11-8/h1-4H,(H2,15,16,17)(H,10,11,12,13). The predicted octanol–water partition coefficient (Wildman–Crippen LogP) is -0.683. The van der Waals surface area contributed by atoms with Crippen molar-refractivity contribution in [2.24, 2.45) is 0 Å². The molecule has 92 valence electrons. The Hall–Kier alpha value is -2.09. The lowest BCUT2D eigenvalue weighted by atomic mass is 10.4. The molecule has 0 saturated carbocycles. The Labute approximate surface area is 99.7 Å². The van der Waals surface area contributed by atoms with Gasteiger partial charge in [0.25, 0.3) is 0 Å². The molecular weight excluding hydrogens is 259 g/mol. The normalized spacial score (nSPS) is 12.1. The summed E-state index contributed by atoms with van der Waals surface area (Å²) in [6, 6.07) is 2.66. The second-order valence-corrected chi connectivity index (χ2v) is 5.15. The van der Waals surface area contributed by atoms with E-state index in [1.165, 1.54) is 24.5 Å². The van der Waals surface area contributed by atoms with Gasteiger partial charge in [-0.15, -0.1) is 5.10 Å². The Balaban J connectivity index is 2.20. The van der Waals surface area contributed by atoms with Gasteiger partial charge in [-0.25, -0.2) is 10.1 Å². The van der Waals surface area contributed by atoms with E-state index in [-0.39, 0.29) is 5.30 Å². The predicted molar refractivity (Wildman–Crippen MR) is 60.0 cm³/mol. The van der Waals surface area contributed by atoms with Crippen LogP contribution in [0.25, 0.3) is 17.2 Å². The van der Waals surface area contributed by atoms with E-state index in [0.717, 1.165) is 0 Å². The van der Waals surface area contributed by atoms with Crippen LogP contribution in [-0.2, 0) is 4.57 Å². The number of H-pyrrole nitrogens is 1. The highest BCUT2D eigenvalue weighted by atomic mass is 31.2. The molecule has 3 rings (SSSR count). The van der Waals surface area contributed by atoms with Crippen molar-refractivity contribution >= 4 is 18.5 Å². The maximum absolute atomic E-state index is 11.1. The molecule has 0 unspecified atom stereocenters. The van der Waals surface area contributed by atoms with Crippen molar-refractivity contribution in [2.45, 2.75) is 0 Å². The molecule has 0 aliphatic heterocycles. The number of pyridine rings is 1. The van der Waals surface area contributed by atoms with Crippen molar-refractivity contribution in [3.63, 3.8) is 0 Å². The SMILES string of the molecule is O=P(O)(O)c1ccn2c(-c3nnn[nH]3)cnc2c1. The van der Waals surface area contributed by atoms with Crippen molar-refractivity contribution in [3.8, 4) is 11.5 Å². The van der Waals surface area contributed by atoms with Crippen LogP contribution < -0.4 is 5.30 Å². The minimum absolute atomic E-state index is 0.0807. The fraction of sp³-hybridized carbons (Fsp3) is 0. The van der Waals surface area contributed by atoms with Crippen molar-refractivity contribution in [1.82, 2.24) is 30.0 Å². The summed E-state index contributed by atoms with van der Waals surface area (Å²) in [6.07, 6.45) is 3.02. The van der Waals surface area contributed by atoms with Gasteiger partial charge in [-0.2, -0.15) is 0 Å². The zero-order valence-electron chi connectivity index (χ0n) is 8.80. The highest BCUT2D eigenvalue weighted by Gasteiger charge is 2.18. The van der Waals surface area contributed by atoms with Gasteiger partial charge in [-0.05, 0) is 22.6 Å². The van der Waals surface area contributed by atoms with Crippen molar-refractivity contribution in [1.29, 1.82) is 0 Å². The quantitative estimate of drug-likeness (QED) is 0.524. The second kappa shape index (κ2) is 3.70. The molecule has 18 heavy (non-hydrogen) atoms. The average molecular weight is 266 g/mol. The fourth-order valence-corrected chi connectivity index (χ4v) is 2.14. The molecule has 0 fully saturated rings. The third-order valence-corrected chi connectivity index (χ3v) is 3.37. The highest BCUT2D eigenvalue weighted by Crippen LogP contribution is 2.33. The lowest BCUT2D eigenvalue weighted by Gasteiger charge is -2.04. The van der Waals surface area contributed by atoms with Crippen LogP contribution >= 0.6 is 7.60 Å². The lowest BCUT2D eigenvalue weighted by Crippen LogP contribution is -2.05. The number of hydrogen-bond acceptors (Lipinski definition) is 5. The first kappa shape index (κ1) is 11.0. The summed E-state index contributed by atoms with van der Waals surface area (Å²) in [6.45, 7) is 0. The molecule has 0 amide bonds. The summed E-state index contributed by atoms with van der Waals surface area (Å²) in [5.74, 6) is 0.423. The number of nitrogens with one attached hydrogen (secondary N) is 1. The molecule has 0 aliphatic rings. The van der Waals surface area contributed by atoms with E-state index >= 15 is 0 Å². The maximum atomic E-state index is 11.1. The largest absolute Gasteiger partial charge is 0.356 e. The monoisotopic (exact) mass is 266 g/mol. The third kappa shape index (κ3) is 1.70. The first-order valence-electron chi connectivity index (χ1n) is 4.83. The van der Waals surface area contributed by atoms with E-state index in [1.807, 2.05) is 0 Å². The molecule has 0 bridgehead atoms. The minimum atomic E-state index is -4.27. The summed E-state index contributed by atoms with van der Waals surface area (Å²) < 4.78 is 12.8. The smallest absolute Gasteiger partial charge is 0.321 e. The van der Waals surface area contributed by atoms with E-state index in [9.17, 15) is 4.57 Å². The van der Waals surface area contributed by atoms with Crippen LogP contribution in [-0.4, -0.2) is 39.8 Å². The van der Waals surface area contributed by atoms with Gasteiger partial charge in [-0.3, -0.25) is 8.97 Å². The Morgan fingerprint density at radius 3 is 2.89 bits per heavy atom. The van der Waals surface area contributed by atoms with Crippen molar-refractivity contribution in [3.05, 3.63) is 24.5 Å². The third-order valence-electron chi connectivity index (χ3n) is 2.42. The molecule has 0 atom stereocenters. The van der Waals surface area contributed by atoms with Gasteiger partial charge >= 0.3 is 7.60 Å². The van der Waals surface area contributed by atoms with E-state index in [4.69, 9.17) is 9.79 Å². The molecule has 0 spiro atoms. The number of rotatable bonds is 2. The minimum Gasteiger partial charge on any atom is -0.321 e. The maximum Gasteiger partial charge on any atom is 0.356 e. The van der Waals surface area contributed by atoms with E-state index in [2.05, 4.69) is 25.6 Å². The zero-order valence-corrected chi connectivity index (χ0v) is 9.69. The number of imidazole rings is 1. The molecule has 0 aromatic carbocycles. The topological polar surface area (TPSA) is 129 Å². The molecule has 10 heteroatoms. The first-order valence-corrected chi connectivity index (χ1v) is 6.44. The molecule has 3 aromatic heterocycles. The Morgan fingerprint density at radius 1 is 1.39 bits per heavy atom. The lowest BCUT2D eigenvalue weighted by molar-refractivity contribution is 0.387. The van der Waals surface area contributed by atoms with Crippen LogP contribution in [0, 0.1) is 0 Å². The molecule has 3 aromatic rings. The van der Waals surface area contributed by atoms with Crippen molar-refractivity contribution in [2.75, 3.05) is 0 Å². The van der Waals surface area contributed by atoms with Crippen molar-refractivity contribution < 1.29 is 14.4 Å². The average Bonchev–Trinajstić information content (AvgIpc) is 2.95. The Bertz CT molecular complexity index is 745. The van der Waals surface area contributed by atoms with Gasteiger partial charge in [0.1, 0.15) is 11.3 Å². The van der Waals surface area contributed by atoms with Crippen LogP contribution in [0.1, 0.15) is 0 Å². The van der Waals surface area contributed by atoms with E-state index in [0.29, 0.717) is 17.2 Å². The van der Waals surface area contributed by atoms with E-state index in [1.54, 1.807) is 4.40 Å². The highest BCUT2D eigenvalue weighted by molar-refractivity contribution is 7.60. The van der Waals surface area contributed by atoms with Gasteiger partial charge in [0.15, 0.2) is 5.82 Å². The summed E-state index contributed by atoms with van der Waals surface area (Å²) in [5.41, 5.74) is 1.01. The summed E-state index contributed by atoms with van der Waals surface area (Å²) in [7, 11) is -4.27. The van der Waals surface area contributed by atoms with Gasteiger partial charge in [0, 0.05) is 6.20 Å². The Kier molecular flexibility index (Phi) is 2.27. The molecular formula is C8H7N6O3P. The summed E-state index contributed by atoms with van der Waals surface area (Å²) in [4.78, 5) is 22.2. The molecule has 3 heterocycles. The van der Waals surface area contributed by atoms with Crippen LogP contribution in [0.5, 0.6) is 0 Å². The van der Waals surface area contributed by atoms with Gasteiger partial charge < -0.3 is 9.79 Å². The van der Waals surface area contributed by atoms with Crippen LogP contribution in [0.4, 0.5) is 0 Å². The zero-order chi connectivity index (χ0) is 12.8. The van der Waals surface area contributed by atoms with E-state index < -0.39 is 7.60 Å². The number of nitrogens with zero attached hydrogens (tertiary/aromatic N) is 5. The summed E-state index contributed by atoms with van der Waals surface area (Å²) in [5, 5.41) is 13.2. The van der Waals surface area contributed by atoms with Gasteiger partial charge in [-0.1, -0.05) is 0 Å². The number of aromatic nitrogens is 6. The second-order valence-electron chi connectivity index (χ2n) is 3.55. The number of hydrogen-bond donors (Lipinski definition) is 3. The van der Waals surface area contributed by atoms with Gasteiger partial charge in [0.2, 0.25) is 0 Å². The Morgan fingerprint density at radius 2 is 2.22 bits per heavy atom. The molecule has 9 nitrogen and oxygen atoms in total. The molecule has 3 N–H and O–H groups in total. The summed E-state index contributed by atoms with van der Waals surface area (Å²) >= 11 is 0. The first-order chi connectivity index (χ1) is 8.55. The molecule has 0 saturated heterocycles. The van der Waals surface area contributed by atoms with Crippen LogP contribution in [0.3, 0.4) is 0 Å². The van der Waals surface area contributed by atoms with Crippen LogP contribution in [0.2, 0.25) is 0 Å². The number of tetrazole rings is 1. The van der Waals surface area contributed by atoms with Gasteiger partial charge in [0.05, 0.1) is 11.5 Å². The number of aromatic amines is 1. The van der Waals surface area contributed by atoms with Crippen LogP contribution in [0.15, 0.2) is 24.5 Å². The molecule has 0 radical (unpaired) electrons. The number of fused-ring (bicyclic) bond motifs is 1.